The molecule has 1 aromatic carbocycles. The highest BCUT2D eigenvalue weighted by Gasteiger charge is 2.17. The summed E-state index contributed by atoms with van der Waals surface area (Å²) in [6.45, 7) is 5.82. The third-order valence-electron chi connectivity index (χ3n) is 4.05. The minimum Gasteiger partial charge on any atom is -0.497 e. The Morgan fingerprint density at radius 2 is 2.11 bits per heavy atom. The molecule has 0 amide bonds. The van der Waals surface area contributed by atoms with Crippen molar-refractivity contribution in [1.82, 2.24) is 10.2 Å². The minimum atomic E-state index is 0.401. The first-order chi connectivity index (χ1) is 9.19. The molecule has 2 atom stereocenters. The average molecular weight is 262 g/mol. The van der Waals surface area contributed by atoms with Gasteiger partial charge in [0.25, 0.3) is 0 Å². The van der Waals surface area contributed by atoms with Crippen LogP contribution in [-0.4, -0.2) is 38.7 Å². The van der Waals surface area contributed by atoms with E-state index in [9.17, 15) is 0 Å². The van der Waals surface area contributed by atoms with E-state index in [1.54, 1.807) is 7.11 Å². The zero-order chi connectivity index (χ0) is 13.7. The molecule has 2 unspecified atom stereocenters. The van der Waals surface area contributed by atoms with Crippen molar-refractivity contribution in [3.63, 3.8) is 0 Å². The van der Waals surface area contributed by atoms with Crippen LogP contribution in [0, 0.1) is 5.92 Å². The second-order valence-electron chi connectivity index (χ2n) is 5.67. The van der Waals surface area contributed by atoms with Gasteiger partial charge in [0.05, 0.1) is 7.11 Å². The van der Waals surface area contributed by atoms with Crippen LogP contribution in [0.4, 0.5) is 0 Å². The molecular weight excluding hydrogens is 236 g/mol. The van der Waals surface area contributed by atoms with Crippen molar-refractivity contribution in [2.45, 2.75) is 25.8 Å². The van der Waals surface area contributed by atoms with Crippen molar-refractivity contribution >= 4 is 0 Å². The van der Waals surface area contributed by atoms with E-state index in [-0.39, 0.29) is 0 Å². The van der Waals surface area contributed by atoms with E-state index in [1.807, 2.05) is 12.1 Å². The number of nitrogens with zero attached hydrogens (tertiary/aromatic N) is 1. The first-order valence-electron chi connectivity index (χ1n) is 7.25. The van der Waals surface area contributed by atoms with Crippen LogP contribution < -0.4 is 10.1 Å². The number of rotatable bonds is 5. The molecule has 0 bridgehead atoms. The number of hydrogen-bond acceptors (Lipinski definition) is 3. The Morgan fingerprint density at radius 3 is 2.74 bits per heavy atom. The number of nitrogens with one attached hydrogen (secondary N) is 1. The fourth-order valence-corrected chi connectivity index (χ4v) is 2.79. The Labute approximate surface area is 116 Å². The monoisotopic (exact) mass is 262 g/mol. The number of benzene rings is 1. The van der Waals surface area contributed by atoms with Gasteiger partial charge in [-0.25, -0.2) is 0 Å². The molecule has 0 aliphatic carbocycles. The van der Waals surface area contributed by atoms with Crippen LogP contribution in [0.25, 0.3) is 0 Å². The molecule has 0 aromatic heterocycles. The highest BCUT2D eigenvalue weighted by atomic mass is 16.5. The minimum absolute atomic E-state index is 0.401. The Morgan fingerprint density at radius 1 is 1.37 bits per heavy atom. The number of likely N-dealkylation sites (tertiary alicyclic amines) is 1. The standard InChI is InChI=1S/C16H26N2O/c1-13(15-6-8-16(19-3)9-7-15)17-11-14-5-4-10-18(2)12-14/h6-9,13-14,17H,4-5,10-12H2,1-3H3. The van der Waals surface area contributed by atoms with Crippen molar-refractivity contribution < 1.29 is 4.74 Å². The number of hydrogen-bond donors (Lipinski definition) is 1. The fraction of sp³-hybridized carbons (Fsp3) is 0.625. The lowest BCUT2D eigenvalue weighted by molar-refractivity contribution is 0.203. The Kier molecular flexibility index (Phi) is 5.23. The van der Waals surface area contributed by atoms with E-state index in [4.69, 9.17) is 4.74 Å². The van der Waals surface area contributed by atoms with Gasteiger partial charge in [-0.1, -0.05) is 12.1 Å². The quantitative estimate of drug-likeness (QED) is 0.883. The van der Waals surface area contributed by atoms with E-state index >= 15 is 0 Å². The topological polar surface area (TPSA) is 24.5 Å². The summed E-state index contributed by atoms with van der Waals surface area (Å²) in [4.78, 5) is 2.44. The molecule has 1 N–H and O–H groups in total. The summed E-state index contributed by atoms with van der Waals surface area (Å²) in [7, 11) is 3.93. The number of ether oxygens (including phenoxy) is 1. The summed E-state index contributed by atoms with van der Waals surface area (Å²) in [6.07, 6.45) is 2.69. The molecule has 1 aliphatic heterocycles. The lowest BCUT2D eigenvalue weighted by atomic mass is 9.97. The summed E-state index contributed by atoms with van der Waals surface area (Å²) >= 11 is 0. The lowest BCUT2D eigenvalue weighted by Gasteiger charge is -2.30. The number of methoxy groups -OCH3 is 1. The van der Waals surface area contributed by atoms with Crippen molar-refractivity contribution in [2.24, 2.45) is 5.92 Å². The largest absolute Gasteiger partial charge is 0.497 e. The molecule has 1 fully saturated rings. The molecule has 3 nitrogen and oxygen atoms in total. The summed E-state index contributed by atoms with van der Waals surface area (Å²) in [6, 6.07) is 8.75. The van der Waals surface area contributed by atoms with E-state index in [0.717, 1.165) is 18.2 Å². The van der Waals surface area contributed by atoms with Gasteiger partial charge in [0.1, 0.15) is 5.75 Å². The van der Waals surface area contributed by atoms with Crippen LogP contribution in [-0.2, 0) is 0 Å². The predicted octanol–water partition coefficient (Wildman–Crippen LogP) is 2.69. The molecule has 1 saturated heterocycles. The van der Waals surface area contributed by atoms with Crippen LogP contribution in [0.3, 0.4) is 0 Å². The van der Waals surface area contributed by atoms with Crippen LogP contribution in [0.15, 0.2) is 24.3 Å². The fourth-order valence-electron chi connectivity index (χ4n) is 2.79. The molecular formula is C16H26N2O. The number of piperidine rings is 1. The average Bonchev–Trinajstić information content (AvgIpc) is 2.45. The summed E-state index contributed by atoms with van der Waals surface area (Å²) in [5.41, 5.74) is 1.32. The highest BCUT2D eigenvalue weighted by Crippen LogP contribution is 2.19. The zero-order valence-corrected chi connectivity index (χ0v) is 12.4. The molecule has 1 heterocycles. The van der Waals surface area contributed by atoms with Crippen LogP contribution in [0.1, 0.15) is 31.4 Å². The van der Waals surface area contributed by atoms with Gasteiger partial charge in [0.15, 0.2) is 0 Å². The Balaban J connectivity index is 1.81. The van der Waals surface area contributed by atoms with Crippen molar-refractivity contribution in [3.05, 3.63) is 29.8 Å². The first-order valence-corrected chi connectivity index (χ1v) is 7.25. The van der Waals surface area contributed by atoms with Crippen molar-refractivity contribution in [2.75, 3.05) is 33.8 Å². The molecule has 1 aliphatic rings. The predicted molar refractivity (Wildman–Crippen MR) is 79.6 cm³/mol. The first kappa shape index (κ1) is 14.4. The smallest absolute Gasteiger partial charge is 0.118 e. The van der Waals surface area contributed by atoms with Crippen LogP contribution in [0.5, 0.6) is 5.75 Å². The Bertz CT molecular complexity index is 377. The van der Waals surface area contributed by atoms with Crippen molar-refractivity contribution in [3.8, 4) is 5.75 Å². The molecule has 106 valence electrons. The SMILES string of the molecule is COc1ccc(C(C)NCC2CCCN(C)C2)cc1. The normalized spacial score (nSPS) is 22.2. The molecule has 2 rings (SSSR count). The summed E-state index contributed by atoms with van der Waals surface area (Å²) in [5, 5.41) is 3.66. The van der Waals surface area contributed by atoms with Crippen LogP contribution >= 0.6 is 0 Å². The van der Waals surface area contributed by atoms with E-state index in [2.05, 4.69) is 36.3 Å². The van der Waals surface area contributed by atoms with Gasteiger partial charge in [0, 0.05) is 12.6 Å². The molecule has 1 aromatic rings. The maximum Gasteiger partial charge on any atom is 0.118 e. The molecule has 0 radical (unpaired) electrons. The van der Waals surface area contributed by atoms with Gasteiger partial charge in [-0.2, -0.15) is 0 Å². The van der Waals surface area contributed by atoms with Gasteiger partial charge in [-0.05, 0) is 63.5 Å². The van der Waals surface area contributed by atoms with Gasteiger partial charge >= 0.3 is 0 Å². The van der Waals surface area contributed by atoms with E-state index in [1.165, 1.54) is 31.5 Å². The molecule has 0 spiro atoms. The maximum atomic E-state index is 5.19. The van der Waals surface area contributed by atoms with Gasteiger partial charge in [0.2, 0.25) is 0 Å². The summed E-state index contributed by atoms with van der Waals surface area (Å²) < 4.78 is 5.19. The van der Waals surface area contributed by atoms with E-state index < -0.39 is 0 Å². The molecule has 3 heteroatoms. The van der Waals surface area contributed by atoms with Crippen molar-refractivity contribution in [1.29, 1.82) is 0 Å². The second-order valence-corrected chi connectivity index (χ2v) is 5.67. The van der Waals surface area contributed by atoms with Gasteiger partial charge < -0.3 is 15.0 Å². The molecule has 0 saturated carbocycles. The van der Waals surface area contributed by atoms with E-state index in [0.29, 0.717) is 6.04 Å². The maximum absolute atomic E-state index is 5.19. The Hall–Kier alpha value is -1.06. The molecule has 19 heavy (non-hydrogen) atoms. The highest BCUT2D eigenvalue weighted by molar-refractivity contribution is 5.28. The third kappa shape index (κ3) is 4.22. The zero-order valence-electron chi connectivity index (χ0n) is 12.4. The van der Waals surface area contributed by atoms with Crippen LogP contribution in [0.2, 0.25) is 0 Å². The summed E-state index contributed by atoms with van der Waals surface area (Å²) in [5.74, 6) is 1.71. The van der Waals surface area contributed by atoms with Gasteiger partial charge in [-0.3, -0.25) is 0 Å². The van der Waals surface area contributed by atoms with Gasteiger partial charge in [-0.15, -0.1) is 0 Å². The third-order valence-corrected chi connectivity index (χ3v) is 4.05. The lowest BCUT2D eigenvalue weighted by Crippen LogP contribution is -2.37. The second kappa shape index (κ2) is 6.92.